The number of hydrogen-bond donors (Lipinski definition) is 0. The van der Waals surface area contributed by atoms with E-state index in [1.54, 1.807) is 78.9 Å². The minimum Gasteiger partial charge on any atom is -0.495 e. The van der Waals surface area contributed by atoms with Crippen LogP contribution in [0, 0.1) is 0 Å². The third-order valence-corrected chi connectivity index (χ3v) is 6.39. The first-order chi connectivity index (χ1) is 18.4. The molecule has 0 aromatic heterocycles. The lowest BCUT2D eigenvalue weighted by atomic mass is 9.99. The number of para-hydroxylation sites is 2. The number of hydrogen-bond acceptors (Lipinski definition) is 6. The maximum Gasteiger partial charge on any atom is 0.339 e. The average molecular weight is 526 g/mol. The van der Waals surface area contributed by atoms with Crippen LogP contribution in [0.5, 0.6) is 5.75 Å². The molecule has 7 nitrogen and oxygen atoms in total. The fraction of sp³-hybridized carbons (Fsp3) is 0.0667. The number of rotatable bonds is 7. The molecule has 8 heteroatoms. The van der Waals surface area contributed by atoms with Crippen LogP contribution in [-0.2, 0) is 4.74 Å². The Labute approximate surface area is 223 Å². The predicted octanol–water partition coefficient (Wildman–Crippen LogP) is 5.93. The zero-order valence-electron chi connectivity index (χ0n) is 20.1. The van der Waals surface area contributed by atoms with Gasteiger partial charge in [-0.25, -0.2) is 9.69 Å². The van der Waals surface area contributed by atoms with Gasteiger partial charge in [-0.1, -0.05) is 66.2 Å². The number of benzene rings is 4. The number of Topliss-reactive ketones (excluding diaryl/α,β-unsaturated/α-hetero) is 1. The van der Waals surface area contributed by atoms with Gasteiger partial charge in [-0.2, -0.15) is 0 Å². The number of nitrogens with zero attached hydrogens (tertiary/aromatic N) is 1. The number of ether oxygens (including phenoxy) is 2. The molecule has 5 rings (SSSR count). The Morgan fingerprint density at radius 3 is 2.13 bits per heavy atom. The van der Waals surface area contributed by atoms with Crippen molar-refractivity contribution in [3.8, 4) is 5.75 Å². The van der Waals surface area contributed by atoms with Crippen LogP contribution >= 0.6 is 11.6 Å². The van der Waals surface area contributed by atoms with E-state index in [9.17, 15) is 19.2 Å². The third-order valence-electron chi connectivity index (χ3n) is 6.14. The van der Waals surface area contributed by atoms with Crippen LogP contribution in [0.25, 0.3) is 0 Å². The van der Waals surface area contributed by atoms with Gasteiger partial charge in [0.2, 0.25) is 5.78 Å². The van der Waals surface area contributed by atoms with Gasteiger partial charge < -0.3 is 9.47 Å². The van der Waals surface area contributed by atoms with E-state index in [2.05, 4.69) is 0 Å². The number of esters is 1. The van der Waals surface area contributed by atoms with Crippen molar-refractivity contribution < 1.29 is 28.7 Å². The summed E-state index contributed by atoms with van der Waals surface area (Å²) < 4.78 is 11.0. The van der Waals surface area contributed by atoms with Gasteiger partial charge in [0.15, 0.2) is 6.10 Å². The Balaban J connectivity index is 1.46. The van der Waals surface area contributed by atoms with E-state index in [-0.39, 0.29) is 16.7 Å². The molecule has 1 heterocycles. The Morgan fingerprint density at radius 2 is 1.42 bits per heavy atom. The first-order valence-corrected chi connectivity index (χ1v) is 12.0. The smallest absolute Gasteiger partial charge is 0.339 e. The topological polar surface area (TPSA) is 90.0 Å². The third kappa shape index (κ3) is 4.55. The lowest BCUT2D eigenvalue weighted by Gasteiger charge is -2.18. The summed E-state index contributed by atoms with van der Waals surface area (Å²) in [6.07, 6.45) is -1.25. The van der Waals surface area contributed by atoms with Crippen LogP contribution in [0.1, 0.15) is 53.1 Å². The molecule has 4 aromatic carbocycles. The summed E-state index contributed by atoms with van der Waals surface area (Å²) in [6, 6.07) is 25.6. The van der Waals surface area contributed by atoms with Gasteiger partial charge >= 0.3 is 5.97 Å². The van der Waals surface area contributed by atoms with E-state index in [0.717, 1.165) is 4.90 Å². The second-order valence-electron chi connectivity index (χ2n) is 8.45. The van der Waals surface area contributed by atoms with E-state index >= 15 is 0 Å². The molecular weight excluding hydrogens is 506 g/mol. The molecule has 1 aliphatic rings. The second-order valence-corrected chi connectivity index (χ2v) is 8.88. The molecular formula is C30H20ClNO6. The fourth-order valence-corrected chi connectivity index (χ4v) is 4.37. The molecule has 0 aliphatic carbocycles. The Morgan fingerprint density at radius 1 is 0.763 bits per heavy atom. The number of amides is 2. The van der Waals surface area contributed by atoms with Gasteiger partial charge in [-0.3, -0.25) is 14.4 Å². The van der Waals surface area contributed by atoms with Gasteiger partial charge in [-0.15, -0.1) is 0 Å². The molecule has 0 saturated heterocycles. The van der Waals surface area contributed by atoms with Gasteiger partial charge in [-0.05, 0) is 42.5 Å². The van der Waals surface area contributed by atoms with Gasteiger partial charge in [0.05, 0.1) is 29.5 Å². The maximum atomic E-state index is 13.3. The lowest BCUT2D eigenvalue weighted by molar-refractivity contribution is 0.0280. The second kappa shape index (κ2) is 10.3. The van der Waals surface area contributed by atoms with Crippen molar-refractivity contribution in [1.82, 2.24) is 0 Å². The average Bonchev–Trinajstić information content (AvgIpc) is 3.20. The Kier molecular flexibility index (Phi) is 6.77. The summed E-state index contributed by atoms with van der Waals surface area (Å²) in [7, 11) is 1.44. The molecule has 0 spiro atoms. The van der Waals surface area contributed by atoms with Crippen LogP contribution in [0.2, 0.25) is 5.02 Å². The van der Waals surface area contributed by atoms with E-state index in [4.69, 9.17) is 21.1 Å². The summed E-state index contributed by atoms with van der Waals surface area (Å²) in [6.45, 7) is 0. The predicted molar refractivity (Wildman–Crippen MR) is 141 cm³/mol. The molecule has 0 bridgehead atoms. The molecule has 1 atom stereocenters. The van der Waals surface area contributed by atoms with Crippen LogP contribution in [0.4, 0.5) is 5.69 Å². The summed E-state index contributed by atoms with van der Waals surface area (Å²) in [4.78, 5) is 53.9. The molecule has 0 fully saturated rings. The lowest BCUT2D eigenvalue weighted by Crippen LogP contribution is -2.29. The van der Waals surface area contributed by atoms with E-state index in [1.165, 1.54) is 25.3 Å². The van der Waals surface area contributed by atoms with Crippen molar-refractivity contribution >= 4 is 40.9 Å². The quantitative estimate of drug-likeness (QED) is 0.169. The van der Waals surface area contributed by atoms with Crippen LogP contribution in [0.15, 0.2) is 97.1 Å². The number of methoxy groups -OCH3 is 1. The van der Waals surface area contributed by atoms with Crippen LogP contribution in [-0.4, -0.2) is 30.7 Å². The van der Waals surface area contributed by atoms with Crippen molar-refractivity contribution in [3.05, 3.63) is 130 Å². The van der Waals surface area contributed by atoms with E-state index in [0.29, 0.717) is 27.6 Å². The number of halogens is 1. The number of imide groups is 1. The highest BCUT2D eigenvalue weighted by Gasteiger charge is 2.39. The number of anilines is 1. The largest absolute Gasteiger partial charge is 0.495 e. The summed E-state index contributed by atoms with van der Waals surface area (Å²) in [5, 5.41) is 0.465. The van der Waals surface area contributed by atoms with E-state index < -0.39 is 29.7 Å². The van der Waals surface area contributed by atoms with Gasteiger partial charge in [0.25, 0.3) is 11.8 Å². The van der Waals surface area contributed by atoms with Gasteiger partial charge in [0, 0.05) is 16.1 Å². The minimum atomic E-state index is -1.25. The molecule has 0 N–H and O–H groups in total. The molecule has 1 aliphatic heterocycles. The highest BCUT2D eigenvalue weighted by molar-refractivity contribution is 6.35. The number of fused-ring (bicyclic) bond motifs is 1. The van der Waals surface area contributed by atoms with Crippen molar-refractivity contribution in [2.45, 2.75) is 6.10 Å². The highest BCUT2D eigenvalue weighted by Crippen LogP contribution is 2.35. The van der Waals surface area contributed by atoms with Crippen molar-refractivity contribution in [2.75, 3.05) is 12.0 Å². The molecule has 0 unspecified atom stereocenters. The summed E-state index contributed by atoms with van der Waals surface area (Å²) in [5.41, 5.74) is 1.31. The Hall–Kier alpha value is -4.75. The normalized spacial score (nSPS) is 13.2. The number of ketones is 1. The zero-order valence-corrected chi connectivity index (χ0v) is 20.8. The minimum absolute atomic E-state index is 0.0200. The first kappa shape index (κ1) is 24.9. The molecule has 4 aromatic rings. The van der Waals surface area contributed by atoms with Crippen molar-refractivity contribution in [1.29, 1.82) is 0 Å². The molecule has 0 radical (unpaired) electrons. The van der Waals surface area contributed by atoms with E-state index in [1.807, 2.05) is 0 Å². The molecule has 2 amide bonds. The van der Waals surface area contributed by atoms with Crippen LogP contribution < -0.4 is 9.64 Å². The maximum absolute atomic E-state index is 13.3. The van der Waals surface area contributed by atoms with Gasteiger partial charge in [0.1, 0.15) is 5.75 Å². The SMILES string of the molecule is COc1ccccc1N1C(=O)c2ccc(C(=O)O[C@@H](C(=O)c3ccccc3)c3ccc(Cl)cc3)cc2C1=O. The molecule has 38 heavy (non-hydrogen) atoms. The summed E-state index contributed by atoms with van der Waals surface area (Å²) >= 11 is 6.01. The number of carbonyl (C=O) groups excluding carboxylic acids is 4. The van der Waals surface area contributed by atoms with Crippen molar-refractivity contribution in [3.63, 3.8) is 0 Å². The Bertz CT molecular complexity index is 1570. The van der Waals surface area contributed by atoms with Crippen LogP contribution in [0.3, 0.4) is 0 Å². The molecule has 188 valence electrons. The monoisotopic (exact) mass is 525 g/mol. The zero-order chi connectivity index (χ0) is 26.8. The molecule has 0 saturated carbocycles. The highest BCUT2D eigenvalue weighted by atomic mass is 35.5. The van der Waals surface area contributed by atoms with Crippen molar-refractivity contribution in [2.24, 2.45) is 0 Å². The summed E-state index contributed by atoms with van der Waals surface area (Å²) in [5.74, 6) is -2.03. The fourth-order valence-electron chi connectivity index (χ4n) is 4.24. The first-order valence-electron chi connectivity index (χ1n) is 11.6. The standard InChI is InChI=1S/C30H20ClNO6/c1-37-25-10-6-5-9-24(25)32-28(34)22-16-13-20(17-23(22)29(32)35)30(36)38-27(19-11-14-21(31)15-12-19)26(33)18-7-3-2-4-8-18/h2-17,27H,1H3/t27-/m1/s1. The number of carbonyl (C=O) groups is 4.